The zero-order valence-electron chi connectivity index (χ0n) is 22.1. The molecule has 3 aromatic rings. The van der Waals surface area contributed by atoms with Gasteiger partial charge in [0, 0.05) is 26.3 Å². The Morgan fingerprint density at radius 3 is 2.75 bits per heavy atom. The zero-order chi connectivity index (χ0) is 29.0. The summed E-state index contributed by atoms with van der Waals surface area (Å²) in [4.78, 5) is 18.3. The fourth-order valence-electron chi connectivity index (χ4n) is 4.54. The number of fused-ring (bicyclic) bond motifs is 1. The van der Waals surface area contributed by atoms with E-state index >= 15 is 0 Å². The van der Waals surface area contributed by atoms with Crippen LogP contribution in [0.5, 0.6) is 5.75 Å². The molecule has 3 heterocycles. The molecule has 8 nitrogen and oxygen atoms in total. The van der Waals surface area contributed by atoms with Crippen LogP contribution in [0.3, 0.4) is 0 Å². The van der Waals surface area contributed by atoms with Gasteiger partial charge < -0.3 is 30.0 Å². The maximum Gasteiger partial charge on any atom is 0.394 e. The molecule has 0 saturated carbocycles. The second-order valence-corrected chi connectivity index (χ2v) is 9.81. The summed E-state index contributed by atoms with van der Waals surface area (Å²) in [7, 11) is 4.74. The number of ether oxygens (including phenoxy) is 1. The molecule has 1 aliphatic rings. The van der Waals surface area contributed by atoms with Gasteiger partial charge in [0.1, 0.15) is 17.6 Å². The summed E-state index contributed by atoms with van der Waals surface area (Å²) < 4.78 is 61.8. The van der Waals surface area contributed by atoms with E-state index in [4.69, 9.17) is 16.3 Å². The molecule has 0 unspecified atom stereocenters. The third-order valence-electron chi connectivity index (χ3n) is 6.54. The van der Waals surface area contributed by atoms with Gasteiger partial charge in [0.2, 0.25) is 0 Å². The number of imidazole rings is 1. The van der Waals surface area contributed by atoms with Crippen LogP contribution in [0, 0.1) is 11.8 Å². The van der Waals surface area contributed by atoms with Gasteiger partial charge in [0.15, 0.2) is 5.65 Å². The van der Waals surface area contributed by atoms with Crippen molar-refractivity contribution in [3.63, 3.8) is 0 Å². The Bertz CT molecular complexity index is 1450. The fraction of sp³-hybridized carbons (Fsp3) is 0.407. The summed E-state index contributed by atoms with van der Waals surface area (Å²) in [6, 6.07) is 5.76. The maximum absolute atomic E-state index is 14.6. The molecule has 4 rings (SSSR count). The van der Waals surface area contributed by atoms with Crippen LogP contribution in [0.1, 0.15) is 28.2 Å². The number of anilines is 2. The molecule has 13 heteroatoms. The minimum Gasteiger partial charge on any atom is -0.495 e. The second-order valence-electron chi connectivity index (χ2n) is 9.40. The molecule has 0 aliphatic carbocycles. The lowest BCUT2D eigenvalue weighted by Gasteiger charge is -2.33. The molecular formula is C27H29ClF4N6O2. The Kier molecular flexibility index (Phi) is 8.95. The first-order valence-corrected chi connectivity index (χ1v) is 12.9. The van der Waals surface area contributed by atoms with Crippen LogP contribution in [0.15, 0.2) is 30.5 Å². The van der Waals surface area contributed by atoms with Crippen molar-refractivity contribution in [3.05, 3.63) is 52.4 Å². The lowest BCUT2D eigenvalue weighted by molar-refractivity contribution is -0.128. The Labute approximate surface area is 234 Å². The van der Waals surface area contributed by atoms with Gasteiger partial charge in [-0.3, -0.25) is 4.79 Å². The van der Waals surface area contributed by atoms with Crippen LogP contribution in [0.4, 0.5) is 28.9 Å². The minimum absolute atomic E-state index is 0.0234. The summed E-state index contributed by atoms with van der Waals surface area (Å²) in [5, 5.41) is 8.82. The maximum atomic E-state index is 14.6. The first kappa shape index (κ1) is 29.3. The number of carbonyl (C=O) groups excluding carboxylic acids is 1. The highest BCUT2D eigenvalue weighted by Gasteiger charge is 2.32. The van der Waals surface area contributed by atoms with Crippen molar-refractivity contribution in [3.8, 4) is 17.6 Å². The molecule has 1 saturated heterocycles. The SMILES string of the molecule is CNC(=O)c1cc(OC)c(NCC#Cc2nc3c(N[C@@H]4CCN(C)C[C@@H]4F)cccn3c2CC(F)(F)F)cc1Cl. The molecule has 0 radical (unpaired) electrons. The third kappa shape index (κ3) is 6.71. The van der Waals surface area contributed by atoms with Crippen molar-refractivity contribution in [2.24, 2.45) is 0 Å². The van der Waals surface area contributed by atoms with Crippen molar-refractivity contribution >= 4 is 34.5 Å². The Hall–Kier alpha value is -3.69. The minimum atomic E-state index is -4.50. The Morgan fingerprint density at radius 1 is 1.30 bits per heavy atom. The lowest BCUT2D eigenvalue weighted by Crippen LogP contribution is -2.46. The number of piperidine rings is 1. The molecule has 3 N–H and O–H groups in total. The zero-order valence-corrected chi connectivity index (χ0v) is 22.9. The number of amides is 1. The van der Waals surface area contributed by atoms with E-state index in [9.17, 15) is 22.4 Å². The van der Waals surface area contributed by atoms with Gasteiger partial charge >= 0.3 is 6.18 Å². The number of rotatable bonds is 7. The first-order valence-electron chi connectivity index (χ1n) is 12.5. The largest absolute Gasteiger partial charge is 0.495 e. The predicted octanol–water partition coefficient (Wildman–Crippen LogP) is 4.38. The van der Waals surface area contributed by atoms with Gasteiger partial charge in [0.05, 0.1) is 53.8 Å². The number of aromatic nitrogens is 2. The van der Waals surface area contributed by atoms with Crippen molar-refractivity contribution in [1.29, 1.82) is 0 Å². The molecule has 214 valence electrons. The Morgan fingerprint density at radius 2 is 2.08 bits per heavy atom. The van der Waals surface area contributed by atoms with E-state index in [0.717, 1.165) is 0 Å². The Balaban J connectivity index is 1.61. The molecule has 1 fully saturated rings. The van der Waals surface area contributed by atoms with E-state index in [1.807, 2.05) is 11.9 Å². The molecule has 0 spiro atoms. The highest BCUT2D eigenvalue weighted by Crippen LogP contribution is 2.32. The highest BCUT2D eigenvalue weighted by molar-refractivity contribution is 6.34. The highest BCUT2D eigenvalue weighted by atomic mass is 35.5. The van der Waals surface area contributed by atoms with E-state index in [1.54, 1.807) is 12.1 Å². The number of nitrogens with one attached hydrogen (secondary N) is 3. The predicted molar refractivity (Wildman–Crippen MR) is 146 cm³/mol. The van der Waals surface area contributed by atoms with E-state index in [-0.39, 0.29) is 46.6 Å². The first-order chi connectivity index (χ1) is 19.0. The topological polar surface area (TPSA) is 82.9 Å². The molecule has 0 bridgehead atoms. The summed E-state index contributed by atoms with van der Waals surface area (Å²) in [6.45, 7) is 0.988. The molecule has 1 amide bonds. The molecule has 2 aromatic heterocycles. The quantitative estimate of drug-likeness (QED) is 0.284. The van der Waals surface area contributed by atoms with Crippen LogP contribution < -0.4 is 20.7 Å². The van der Waals surface area contributed by atoms with Crippen molar-refractivity contribution in [1.82, 2.24) is 19.6 Å². The second kappa shape index (κ2) is 12.2. The summed E-state index contributed by atoms with van der Waals surface area (Å²) >= 11 is 6.23. The van der Waals surface area contributed by atoms with E-state index in [1.165, 1.54) is 36.9 Å². The van der Waals surface area contributed by atoms with Crippen molar-refractivity contribution < 1.29 is 27.1 Å². The molecular weight excluding hydrogens is 552 g/mol. The number of nitrogens with zero attached hydrogens (tertiary/aromatic N) is 3. The third-order valence-corrected chi connectivity index (χ3v) is 6.85. The summed E-state index contributed by atoms with van der Waals surface area (Å²) in [6.07, 6.45) is -4.84. The number of likely N-dealkylation sites (tertiary alicyclic amines) is 1. The number of hydrogen-bond donors (Lipinski definition) is 3. The van der Waals surface area contributed by atoms with Crippen LogP contribution in [-0.2, 0) is 6.42 Å². The number of hydrogen-bond acceptors (Lipinski definition) is 6. The normalized spacial score (nSPS) is 17.7. The van der Waals surface area contributed by atoms with E-state index in [0.29, 0.717) is 30.1 Å². The van der Waals surface area contributed by atoms with Gasteiger partial charge in [-0.1, -0.05) is 17.5 Å². The van der Waals surface area contributed by atoms with E-state index in [2.05, 4.69) is 32.8 Å². The van der Waals surface area contributed by atoms with Gasteiger partial charge in [-0.2, -0.15) is 13.2 Å². The van der Waals surface area contributed by atoms with Crippen LogP contribution >= 0.6 is 11.6 Å². The molecule has 1 aromatic carbocycles. The van der Waals surface area contributed by atoms with Crippen LogP contribution in [-0.4, -0.2) is 79.4 Å². The smallest absolute Gasteiger partial charge is 0.394 e. The number of pyridine rings is 1. The number of halogens is 5. The van der Waals surface area contributed by atoms with Gasteiger partial charge in [-0.05, 0) is 43.7 Å². The van der Waals surface area contributed by atoms with Crippen LogP contribution in [0.25, 0.3) is 5.65 Å². The van der Waals surface area contributed by atoms with Gasteiger partial charge in [-0.25, -0.2) is 9.37 Å². The van der Waals surface area contributed by atoms with Gasteiger partial charge in [0.25, 0.3) is 5.91 Å². The molecule has 1 aliphatic heterocycles. The summed E-state index contributed by atoms with van der Waals surface area (Å²) in [5.74, 6) is 5.50. The summed E-state index contributed by atoms with van der Waals surface area (Å²) in [5.41, 5.74) is 1.20. The van der Waals surface area contributed by atoms with Crippen molar-refractivity contribution in [2.45, 2.75) is 31.2 Å². The fourth-order valence-corrected chi connectivity index (χ4v) is 4.79. The van der Waals surface area contributed by atoms with E-state index < -0.39 is 24.8 Å². The average molecular weight is 581 g/mol. The van der Waals surface area contributed by atoms with Crippen molar-refractivity contribution in [2.75, 3.05) is 51.5 Å². The average Bonchev–Trinajstić information content (AvgIpc) is 3.24. The number of benzene rings is 1. The number of carbonyl (C=O) groups is 1. The monoisotopic (exact) mass is 580 g/mol. The molecule has 40 heavy (non-hydrogen) atoms. The number of alkyl halides is 4. The number of methoxy groups -OCH3 is 1. The molecule has 2 atom stereocenters. The standard InChI is InChI=1S/C27H29ClF4N6O2/c1-33-26(39)16-12-24(40-3)22(13-17(16)28)34-9-4-6-20-23(14-27(30,31)32)38-10-5-7-21(25(38)36-20)35-19-8-11-37(2)15-18(19)29/h5,7,10,12-13,18-19,34-35H,8-9,11,14-15H2,1-3H3,(H,33,39)/t18-,19+/m0/s1. The van der Waals surface area contributed by atoms with Gasteiger partial charge in [-0.15, -0.1) is 0 Å². The van der Waals surface area contributed by atoms with Crippen LogP contribution in [0.2, 0.25) is 5.02 Å². The lowest BCUT2D eigenvalue weighted by atomic mass is 10.0.